The van der Waals surface area contributed by atoms with Gasteiger partial charge >= 0.3 is 0 Å². The molecule has 6 heteroatoms. The van der Waals surface area contributed by atoms with Crippen LogP contribution in [0.4, 0.5) is 17.6 Å². The van der Waals surface area contributed by atoms with Crippen LogP contribution in [0, 0.1) is 23.3 Å². The molecule has 0 aliphatic rings. The van der Waals surface area contributed by atoms with Gasteiger partial charge in [-0.15, -0.1) is 0 Å². The third-order valence-electron chi connectivity index (χ3n) is 8.14. The van der Waals surface area contributed by atoms with Crippen LogP contribution in [0.15, 0.2) is 6.07 Å². The first-order valence-corrected chi connectivity index (χ1v) is 20.8. The quantitative estimate of drug-likeness (QED) is 0.0369. The number of hydrogen-bond donors (Lipinski definition) is 0. The lowest BCUT2D eigenvalue weighted by atomic mass is 10.3. The summed E-state index contributed by atoms with van der Waals surface area (Å²) in [6.07, 6.45) is 19.9. The van der Waals surface area contributed by atoms with Crippen molar-refractivity contribution in [1.29, 1.82) is 0 Å². The van der Waals surface area contributed by atoms with Crippen LogP contribution in [-0.4, -0.2) is 25.4 Å². The highest BCUT2D eigenvalue weighted by Gasteiger charge is 2.28. The summed E-state index contributed by atoms with van der Waals surface area (Å²) in [5, 5.41) is 6.75. The van der Waals surface area contributed by atoms with Crippen LogP contribution in [-0.2, 0) is 0 Å². The second-order valence-electron chi connectivity index (χ2n) is 11.3. The van der Waals surface area contributed by atoms with Crippen molar-refractivity contribution < 1.29 is 17.6 Å². The molecule has 0 heterocycles. The molecule has 0 amide bonds. The maximum atomic E-state index is 13.4. The van der Waals surface area contributed by atoms with E-state index in [0.717, 1.165) is 18.6 Å². The van der Waals surface area contributed by atoms with Crippen LogP contribution < -0.4 is 5.30 Å². The van der Waals surface area contributed by atoms with E-state index in [9.17, 15) is 17.6 Å². The van der Waals surface area contributed by atoms with Crippen LogP contribution in [0.1, 0.15) is 125 Å². The minimum Gasteiger partial charge on any atom is -0.203 e. The zero-order valence-corrected chi connectivity index (χ0v) is 27.3. The Morgan fingerprint density at radius 1 is 0.541 bits per heavy atom. The number of unbranched alkanes of at least 4 members (excludes halogenated alkanes) is 8. The van der Waals surface area contributed by atoms with Crippen molar-refractivity contribution >= 4 is 26.3 Å². The average Bonchev–Trinajstić information content (AvgIpc) is 2.89. The fourth-order valence-electron chi connectivity index (χ4n) is 5.81. The van der Waals surface area contributed by atoms with Gasteiger partial charge in [0.1, 0.15) is 18.4 Å². The van der Waals surface area contributed by atoms with Crippen LogP contribution in [0.3, 0.4) is 0 Å². The molecule has 1 atom stereocenters. The maximum absolute atomic E-state index is 13.4. The molecule has 0 N–H and O–H groups in total. The smallest absolute Gasteiger partial charge is 0.203 e. The van der Waals surface area contributed by atoms with Crippen molar-refractivity contribution in [2.45, 2.75) is 146 Å². The molecular weight excluding hydrogens is 506 g/mol. The van der Waals surface area contributed by atoms with E-state index in [-0.39, 0.29) is 5.30 Å². The molecule has 0 aliphatic carbocycles. The molecule has 0 nitrogen and oxygen atoms in total. The molecule has 0 saturated carbocycles. The van der Waals surface area contributed by atoms with E-state index in [1.165, 1.54) is 51.4 Å². The zero-order chi connectivity index (χ0) is 28.1. The van der Waals surface area contributed by atoms with Gasteiger partial charge in [-0.1, -0.05) is 112 Å². The van der Waals surface area contributed by atoms with Crippen molar-refractivity contribution in [2.24, 2.45) is 0 Å². The summed E-state index contributed by atoms with van der Waals surface area (Å²) in [7, 11) is -1.32. The molecule has 1 rings (SSSR count). The molecule has 0 aromatic heterocycles. The van der Waals surface area contributed by atoms with Crippen LogP contribution in [0.2, 0.25) is 21.1 Å². The fourth-order valence-corrected chi connectivity index (χ4v) is 14.5. The lowest BCUT2D eigenvalue weighted by Crippen LogP contribution is -2.33. The molecular formula is C31H58AlF4P. The van der Waals surface area contributed by atoms with Gasteiger partial charge in [0, 0.05) is 14.0 Å². The van der Waals surface area contributed by atoms with Crippen molar-refractivity contribution in [3.8, 4) is 0 Å². The highest BCUT2D eigenvalue weighted by atomic mass is 31.1. The molecule has 0 bridgehead atoms. The number of hydrogen-bond acceptors (Lipinski definition) is 0. The van der Waals surface area contributed by atoms with E-state index >= 15 is 0 Å². The summed E-state index contributed by atoms with van der Waals surface area (Å²) in [5.74, 6) is -5.94. The third kappa shape index (κ3) is 14.7. The number of rotatable bonds is 20. The van der Waals surface area contributed by atoms with Gasteiger partial charge in [-0.05, 0) is 13.3 Å². The summed E-state index contributed by atoms with van der Waals surface area (Å²) >= 11 is -1.27. The van der Waals surface area contributed by atoms with E-state index in [2.05, 4.69) is 27.7 Å². The number of halogens is 4. The van der Waals surface area contributed by atoms with Gasteiger partial charge in [0.15, 0.2) is 11.6 Å². The summed E-state index contributed by atoms with van der Waals surface area (Å²) in [5.41, 5.74) is 0. The van der Waals surface area contributed by atoms with E-state index < -0.39 is 44.3 Å². The molecule has 218 valence electrons. The fraction of sp³-hybridized carbons (Fsp3) is 0.806. The third-order valence-corrected chi connectivity index (χ3v) is 17.8. The van der Waals surface area contributed by atoms with Crippen molar-refractivity contribution in [3.63, 3.8) is 0 Å². The average molecular weight is 565 g/mol. The molecule has 1 aromatic rings. The van der Waals surface area contributed by atoms with Gasteiger partial charge in [0.2, 0.25) is 11.6 Å². The monoisotopic (exact) mass is 564 g/mol. The van der Waals surface area contributed by atoms with Crippen LogP contribution in [0.5, 0.6) is 0 Å². The van der Waals surface area contributed by atoms with Gasteiger partial charge in [-0.2, -0.15) is 25.5 Å². The first-order chi connectivity index (χ1) is 17.8. The van der Waals surface area contributed by atoms with Crippen LogP contribution >= 0.6 is 7.92 Å². The van der Waals surface area contributed by atoms with E-state index in [1.54, 1.807) is 46.8 Å². The summed E-state index contributed by atoms with van der Waals surface area (Å²) in [6, 6.07) is 0.807. The Morgan fingerprint density at radius 2 is 0.946 bits per heavy atom. The van der Waals surface area contributed by atoms with E-state index in [1.807, 2.05) is 13.8 Å². The Morgan fingerprint density at radius 3 is 1.27 bits per heavy atom. The Balaban J connectivity index is 0.000000724. The topological polar surface area (TPSA) is 0 Å². The summed E-state index contributed by atoms with van der Waals surface area (Å²) in [6.45, 7) is 13.2. The standard InChI is InChI=1S/C11H13F4P.4C5H11.Al/c1-3-5-16(4-2)8-6-7(12)9(13)11(15)10(8)14;4*1-3-5-4-2;/h6H,3-5H2,1-2H3;4*1,3-5H2,2H3;/q;;;;;-1/p+1. The second-order valence-corrected chi connectivity index (χ2v) is 20.0. The first kappa shape index (κ1) is 36.9. The molecule has 0 saturated heterocycles. The molecule has 0 fully saturated rings. The lowest BCUT2D eigenvalue weighted by molar-refractivity contribution is 0.412. The van der Waals surface area contributed by atoms with Crippen molar-refractivity contribution in [1.82, 2.24) is 0 Å². The first-order valence-electron chi connectivity index (χ1n) is 15.7. The normalized spacial score (nSPS) is 12.4. The minimum atomic E-state index is -1.73. The molecule has 37 heavy (non-hydrogen) atoms. The van der Waals surface area contributed by atoms with E-state index in [4.69, 9.17) is 0 Å². The molecule has 1 aromatic carbocycles. The molecule has 1 unspecified atom stereocenters. The molecule has 0 radical (unpaired) electrons. The lowest BCUT2D eigenvalue weighted by Gasteiger charge is -2.37. The Hall–Kier alpha value is -0.0975. The Bertz CT molecular complexity index is 653. The van der Waals surface area contributed by atoms with Gasteiger partial charge in [-0.25, -0.2) is 13.2 Å². The predicted molar refractivity (Wildman–Crippen MR) is 163 cm³/mol. The maximum Gasteiger partial charge on any atom is 0.203 e. The Kier molecular flexibility index (Phi) is 22.6. The SMILES string of the molecule is CCCC[CH2][Al-]([CH2]CCCC)([CH2]CCCC)[CH2]CCCC.CCC[PH+](CC)c1cc(F)c(F)c(F)c1F. The van der Waals surface area contributed by atoms with Gasteiger partial charge < -0.3 is 0 Å². The van der Waals surface area contributed by atoms with Crippen molar-refractivity contribution in [2.75, 3.05) is 12.3 Å². The highest BCUT2D eigenvalue weighted by molar-refractivity contribution is 7.65. The predicted octanol–water partition coefficient (Wildman–Crippen LogP) is 11.7. The van der Waals surface area contributed by atoms with Crippen LogP contribution in [0.25, 0.3) is 0 Å². The minimum absolute atomic E-state index is 0.0331. The summed E-state index contributed by atoms with van der Waals surface area (Å²) in [4.78, 5) is 0. The number of benzene rings is 1. The molecule has 0 aliphatic heterocycles. The van der Waals surface area contributed by atoms with Crippen molar-refractivity contribution in [3.05, 3.63) is 29.3 Å². The van der Waals surface area contributed by atoms with Gasteiger partial charge in [-0.3, -0.25) is 0 Å². The Labute approximate surface area is 231 Å². The summed E-state index contributed by atoms with van der Waals surface area (Å²) < 4.78 is 52.2. The van der Waals surface area contributed by atoms with Gasteiger partial charge in [0.25, 0.3) is 0 Å². The highest BCUT2D eigenvalue weighted by Crippen LogP contribution is 2.37. The van der Waals surface area contributed by atoms with Gasteiger partial charge in [0.05, 0.1) is 12.3 Å². The molecule has 0 spiro atoms. The largest absolute Gasteiger partial charge is 0.203 e. The second kappa shape index (κ2) is 22.7. The zero-order valence-electron chi connectivity index (χ0n) is 25.1. The van der Waals surface area contributed by atoms with E-state index in [0.29, 0.717) is 6.16 Å².